The first kappa shape index (κ1) is 14.2. The van der Waals surface area contributed by atoms with Crippen LogP contribution >= 0.6 is 11.8 Å². The van der Waals surface area contributed by atoms with Gasteiger partial charge in [-0.1, -0.05) is 6.92 Å². The summed E-state index contributed by atoms with van der Waals surface area (Å²) in [5, 5.41) is 22.0. The van der Waals surface area contributed by atoms with E-state index in [0.29, 0.717) is 5.75 Å². The molecule has 1 heterocycles. The van der Waals surface area contributed by atoms with Gasteiger partial charge in [0.05, 0.1) is 12.7 Å². The van der Waals surface area contributed by atoms with E-state index in [4.69, 9.17) is 5.11 Å². The molecule has 0 radical (unpaired) electrons. The molecule has 1 aromatic rings. The number of anilines is 1. The van der Waals surface area contributed by atoms with Crippen LogP contribution in [0.2, 0.25) is 0 Å². The van der Waals surface area contributed by atoms with Crippen molar-refractivity contribution in [3.05, 3.63) is 11.4 Å². The van der Waals surface area contributed by atoms with Crippen LogP contribution in [0, 0.1) is 6.92 Å². The van der Waals surface area contributed by atoms with Gasteiger partial charge in [0.25, 0.3) is 0 Å². The molecule has 5 nitrogen and oxygen atoms in total. The molecule has 1 unspecified atom stereocenters. The van der Waals surface area contributed by atoms with Crippen molar-refractivity contribution >= 4 is 17.6 Å². The number of hydrogen-bond acceptors (Lipinski definition) is 6. The van der Waals surface area contributed by atoms with E-state index in [1.54, 1.807) is 0 Å². The monoisotopic (exact) mass is 257 g/mol. The van der Waals surface area contributed by atoms with Gasteiger partial charge in [-0.2, -0.15) is 0 Å². The number of aliphatic hydroxyl groups excluding tert-OH is 2. The number of nitrogens with zero attached hydrogens (tertiary/aromatic N) is 2. The van der Waals surface area contributed by atoms with Crippen molar-refractivity contribution in [2.24, 2.45) is 0 Å². The first-order valence-corrected chi connectivity index (χ1v) is 6.57. The number of hydrogen-bond donors (Lipinski definition) is 3. The van der Waals surface area contributed by atoms with Crippen molar-refractivity contribution in [1.29, 1.82) is 0 Å². The number of nitrogens with one attached hydrogen (secondary N) is 1. The summed E-state index contributed by atoms with van der Waals surface area (Å²) >= 11 is 1.44. The second-order valence-electron chi connectivity index (χ2n) is 3.67. The zero-order chi connectivity index (χ0) is 12.8. The number of aliphatic hydroxyl groups is 2. The van der Waals surface area contributed by atoms with Gasteiger partial charge in [0.15, 0.2) is 0 Å². The third-order valence-corrected chi connectivity index (χ3v) is 3.55. The molecule has 1 rings (SSSR count). The summed E-state index contributed by atoms with van der Waals surface area (Å²) in [6.07, 6.45) is 0.0583. The molecule has 17 heavy (non-hydrogen) atoms. The average Bonchev–Trinajstić information content (AvgIpc) is 2.37. The molecule has 0 aliphatic heterocycles. The molecule has 1 atom stereocenters. The lowest BCUT2D eigenvalue weighted by Gasteiger charge is -2.12. The van der Waals surface area contributed by atoms with Gasteiger partial charge in [0.2, 0.25) is 0 Å². The Labute approximate surface area is 106 Å². The highest BCUT2D eigenvalue weighted by molar-refractivity contribution is 7.99. The fourth-order valence-electron chi connectivity index (χ4n) is 1.31. The van der Waals surface area contributed by atoms with Gasteiger partial charge in [0, 0.05) is 24.8 Å². The van der Waals surface area contributed by atoms with E-state index in [1.807, 2.05) is 20.9 Å². The second-order valence-corrected chi connectivity index (χ2v) is 4.68. The van der Waals surface area contributed by atoms with E-state index in [1.165, 1.54) is 11.8 Å². The van der Waals surface area contributed by atoms with Crippen LogP contribution in [-0.2, 0) is 6.42 Å². The molecular weight excluding hydrogens is 238 g/mol. The zero-order valence-electron chi connectivity index (χ0n) is 10.4. The fraction of sp³-hybridized carbons (Fsp3) is 0.636. The van der Waals surface area contributed by atoms with Crippen LogP contribution < -0.4 is 5.32 Å². The summed E-state index contributed by atoms with van der Waals surface area (Å²) in [5.41, 5.74) is 0.972. The third-order valence-electron chi connectivity index (χ3n) is 2.32. The minimum atomic E-state index is -0.711. The number of thioether (sulfide) groups is 1. The van der Waals surface area contributed by atoms with Gasteiger partial charge in [0.1, 0.15) is 16.7 Å². The molecule has 0 bridgehead atoms. The lowest BCUT2D eigenvalue weighted by atomic mass is 10.3. The van der Waals surface area contributed by atoms with Crippen molar-refractivity contribution in [3.8, 4) is 0 Å². The van der Waals surface area contributed by atoms with Crippen LogP contribution in [0.3, 0.4) is 0 Å². The van der Waals surface area contributed by atoms with E-state index in [-0.39, 0.29) is 6.61 Å². The number of rotatable bonds is 6. The minimum Gasteiger partial charge on any atom is -0.394 e. The zero-order valence-corrected chi connectivity index (χ0v) is 11.2. The second kappa shape index (κ2) is 6.78. The number of aromatic nitrogens is 2. The molecule has 3 N–H and O–H groups in total. The SMILES string of the molecule is CCc1nc(NC)c(C)c(SCC(O)CO)n1. The highest BCUT2D eigenvalue weighted by atomic mass is 32.2. The normalized spacial score (nSPS) is 12.5. The highest BCUT2D eigenvalue weighted by Crippen LogP contribution is 2.25. The van der Waals surface area contributed by atoms with E-state index in [2.05, 4.69) is 15.3 Å². The Morgan fingerprint density at radius 2 is 2.12 bits per heavy atom. The maximum absolute atomic E-state index is 9.33. The lowest BCUT2D eigenvalue weighted by molar-refractivity contribution is 0.113. The Morgan fingerprint density at radius 1 is 1.41 bits per heavy atom. The molecule has 0 saturated carbocycles. The lowest BCUT2D eigenvalue weighted by Crippen LogP contribution is -2.15. The largest absolute Gasteiger partial charge is 0.394 e. The Kier molecular flexibility index (Phi) is 5.67. The Hall–Kier alpha value is -0.850. The summed E-state index contributed by atoms with van der Waals surface area (Å²) in [6.45, 7) is 3.72. The summed E-state index contributed by atoms with van der Waals surface area (Å²) in [5.74, 6) is 2.03. The van der Waals surface area contributed by atoms with Crippen LogP contribution in [0.15, 0.2) is 5.03 Å². The molecular formula is C11H19N3O2S. The van der Waals surface area contributed by atoms with Crippen LogP contribution in [-0.4, -0.2) is 45.7 Å². The van der Waals surface area contributed by atoms with Gasteiger partial charge in [-0.25, -0.2) is 9.97 Å². The van der Waals surface area contributed by atoms with Gasteiger partial charge in [-0.05, 0) is 6.92 Å². The van der Waals surface area contributed by atoms with E-state index in [0.717, 1.165) is 28.7 Å². The first-order valence-electron chi connectivity index (χ1n) is 5.59. The molecule has 1 aromatic heterocycles. The van der Waals surface area contributed by atoms with Crippen molar-refractivity contribution < 1.29 is 10.2 Å². The van der Waals surface area contributed by atoms with Crippen molar-refractivity contribution in [1.82, 2.24) is 9.97 Å². The Balaban J connectivity index is 2.89. The molecule has 0 aromatic carbocycles. The van der Waals surface area contributed by atoms with Crippen molar-refractivity contribution in [2.45, 2.75) is 31.4 Å². The Morgan fingerprint density at radius 3 is 2.65 bits per heavy atom. The molecule has 0 aliphatic rings. The molecule has 0 spiro atoms. The predicted molar refractivity (Wildman–Crippen MR) is 69.5 cm³/mol. The number of aryl methyl sites for hydroxylation is 1. The molecule has 0 aliphatic carbocycles. The van der Waals surface area contributed by atoms with E-state index < -0.39 is 6.10 Å². The maximum Gasteiger partial charge on any atom is 0.133 e. The molecule has 0 fully saturated rings. The molecule has 0 amide bonds. The van der Waals surface area contributed by atoms with Crippen LogP contribution in [0.1, 0.15) is 18.3 Å². The molecule has 6 heteroatoms. The van der Waals surface area contributed by atoms with Crippen molar-refractivity contribution in [2.75, 3.05) is 24.7 Å². The topological polar surface area (TPSA) is 78.3 Å². The van der Waals surface area contributed by atoms with Crippen LogP contribution in [0.4, 0.5) is 5.82 Å². The first-order chi connectivity index (χ1) is 8.12. The maximum atomic E-state index is 9.33. The smallest absolute Gasteiger partial charge is 0.133 e. The Bertz CT molecular complexity index is 374. The van der Waals surface area contributed by atoms with E-state index in [9.17, 15) is 5.11 Å². The van der Waals surface area contributed by atoms with Gasteiger partial charge < -0.3 is 15.5 Å². The fourth-order valence-corrected chi connectivity index (χ4v) is 2.25. The summed E-state index contributed by atoms with van der Waals surface area (Å²) in [7, 11) is 1.83. The molecule has 0 saturated heterocycles. The van der Waals surface area contributed by atoms with Crippen molar-refractivity contribution in [3.63, 3.8) is 0 Å². The quantitative estimate of drug-likeness (QED) is 0.517. The summed E-state index contributed by atoms with van der Waals surface area (Å²) in [6, 6.07) is 0. The highest BCUT2D eigenvalue weighted by Gasteiger charge is 2.11. The summed E-state index contributed by atoms with van der Waals surface area (Å²) < 4.78 is 0. The average molecular weight is 257 g/mol. The third kappa shape index (κ3) is 3.83. The van der Waals surface area contributed by atoms with Crippen LogP contribution in [0.25, 0.3) is 0 Å². The predicted octanol–water partition coefficient (Wildman–Crippen LogP) is 0.834. The summed E-state index contributed by atoms with van der Waals surface area (Å²) in [4.78, 5) is 8.79. The van der Waals surface area contributed by atoms with Crippen LogP contribution in [0.5, 0.6) is 0 Å². The standard InChI is InChI=1S/C11H19N3O2S/c1-4-9-13-10(12-3)7(2)11(14-9)17-6-8(16)5-15/h8,15-16H,4-6H2,1-3H3,(H,12,13,14). The van der Waals surface area contributed by atoms with E-state index >= 15 is 0 Å². The molecule has 96 valence electrons. The minimum absolute atomic E-state index is 0.226. The van der Waals surface area contributed by atoms with Gasteiger partial charge in [-0.15, -0.1) is 11.8 Å². The van der Waals surface area contributed by atoms with Gasteiger partial charge >= 0.3 is 0 Å². The van der Waals surface area contributed by atoms with Gasteiger partial charge in [-0.3, -0.25) is 0 Å².